The second-order valence-corrected chi connectivity index (χ2v) is 7.55. The molecule has 0 aromatic carbocycles. The van der Waals surface area contributed by atoms with Crippen LogP contribution in [0.5, 0.6) is 0 Å². The highest BCUT2D eigenvalue weighted by atomic mass is 16.3. The maximum Gasteiger partial charge on any atom is 0.0546 e. The molecule has 0 bridgehead atoms. The molecule has 1 nitrogen and oxygen atoms in total. The first-order valence-corrected chi connectivity index (χ1v) is 9.57. The molecule has 0 aromatic rings. The molecule has 0 aliphatic heterocycles. The van der Waals surface area contributed by atoms with Gasteiger partial charge in [-0.2, -0.15) is 0 Å². The summed E-state index contributed by atoms with van der Waals surface area (Å²) in [7, 11) is 0. The molecule has 0 aliphatic carbocycles. The minimum atomic E-state index is -0.173. The molecular weight excluding hydrogens is 292 g/mol. The van der Waals surface area contributed by atoms with Crippen LogP contribution in [0.1, 0.15) is 92.9 Å². The van der Waals surface area contributed by atoms with E-state index < -0.39 is 0 Å². The van der Waals surface area contributed by atoms with Crippen LogP contribution in [0.25, 0.3) is 0 Å². The van der Waals surface area contributed by atoms with Crippen LogP contribution in [0.4, 0.5) is 0 Å². The van der Waals surface area contributed by atoms with Gasteiger partial charge in [-0.1, -0.05) is 46.6 Å². The predicted octanol–water partition coefficient (Wildman–Crippen LogP) is 7.29. The Hall–Kier alpha value is -1.08. The van der Waals surface area contributed by atoms with Gasteiger partial charge >= 0.3 is 0 Å². The number of allylic oxidation sites excluding steroid dienone is 8. The Morgan fingerprint density at radius 2 is 1.00 bits per heavy atom. The molecule has 0 fully saturated rings. The Kier molecular flexibility index (Phi) is 13.6. The van der Waals surface area contributed by atoms with Crippen LogP contribution in [-0.4, -0.2) is 11.2 Å². The maximum atomic E-state index is 10.1. The van der Waals surface area contributed by atoms with E-state index in [2.05, 4.69) is 65.8 Å². The number of hydrogen-bond acceptors (Lipinski definition) is 1. The minimum Gasteiger partial charge on any atom is -0.393 e. The van der Waals surface area contributed by atoms with Gasteiger partial charge in [0.2, 0.25) is 0 Å². The highest BCUT2D eigenvalue weighted by Gasteiger charge is 2.02. The van der Waals surface area contributed by atoms with Gasteiger partial charge in [-0.15, -0.1) is 0 Å². The molecule has 24 heavy (non-hydrogen) atoms. The first-order valence-electron chi connectivity index (χ1n) is 9.57. The molecule has 0 aromatic heterocycles. The highest BCUT2D eigenvalue weighted by molar-refractivity contribution is 5.03. The van der Waals surface area contributed by atoms with E-state index in [0.29, 0.717) is 0 Å². The Labute approximate surface area is 151 Å². The Balaban J connectivity index is 3.87. The van der Waals surface area contributed by atoms with Gasteiger partial charge in [-0.05, 0) is 92.9 Å². The van der Waals surface area contributed by atoms with Crippen molar-refractivity contribution in [3.05, 3.63) is 46.6 Å². The van der Waals surface area contributed by atoms with Crippen LogP contribution >= 0.6 is 0 Å². The first kappa shape index (κ1) is 22.9. The van der Waals surface area contributed by atoms with Crippen LogP contribution in [0.3, 0.4) is 0 Å². The summed E-state index contributed by atoms with van der Waals surface area (Å²) in [4.78, 5) is 0. The Morgan fingerprint density at radius 3 is 1.33 bits per heavy atom. The molecule has 1 N–H and O–H groups in total. The molecule has 0 atom stereocenters. The number of aliphatic hydroxyl groups is 1. The molecule has 0 aliphatic rings. The molecule has 0 saturated carbocycles. The SMILES string of the molecule is CC(C)=CCC/C(C)=C\CCC(O)CC/C=C(/C)CCC=C(C)C. The van der Waals surface area contributed by atoms with Crippen LogP contribution < -0.4 is 0 Å². The molecule has 0 saturated heterocycles. The van der Waals surface area contributed by atoms with E-state index in [4.69, 9.17) is 0 Å². The first-order chi connectivity index (χ1) is 11.3. The van der Waals surface area contributed by atoms with Gasteiger partial charge in [0.15, 0.2) is 0 Å². The smallest absolute Gasteiger partial charge is 0.0546 e. The molecular formula is C23H40O. The molecule has 0 amide bonds. The number of aliphatic hydroxyl groups excluding tert-OH is 1. The van der Waals surface area contributed by atoms with Crippen molar-refractivity contribution >= 4 is 0 Å². The fourth-order valence-corrected chi connectivity index (χ4v) is 2.57. The predicted molar refractivity (Wildman–Crippen MR) is 109 cm³/mol. The third-order valence-corrected chi connectivity index (χ3v) is 4.17. The van der Waals surface area contributed by atoms with Crippen LogP contribution in [-0.2, 0) is 0 Å². The van der Waals surface area contributed by atoms with Crippen molar-refractivity contribution in [3.63, 3.8) is 0 Å². The van der Waals surface area contributed by atoms with Crippen molar-refractivity contribution in [2.75, 3.05) is 0 Å². The quantitative estimate of drug-likeness (QED) is 0.372. The molecule has 1 heteroatoms. The summed E-state index contributed by atoms with van der Waals surface area (Å²) in [6.07, 6.45) is 17.3. The van der Waals surface area contributed by atoms with Gasteiger partial charge in [0, 0.05) is 0 Å². The normalized spacial score (nSPS) is 13.6. The van der Waals surface area contributed by atoms with Crippen molar-refractivity contribution in [1.29, 1.82) is 0 Å². The third kappa shape index (κ3) is 15.8. The highest BCUT2D eigenvalue weighted by Crippen LogP contribution is 2.13. The summed E-state index contributed by atoms with van der Waals surface area (Å²) in [5, 5.41) is 10.1. The minimum absolute atomic E-state index is 0.173. The van der Waals surface area contributed by atoms with Crippen molar-refractivity contribution in [2.24, 2.45) is 0 Å². The monoisotopic (exact) mass is 332 g/mol. The van der Waals surface area contributed by atoms with Crippen LogP contribution in [0, 0.1) is 0 Å². The third-order valence-electron chi connectivity index (χ3n) is 4.17. The molecule has 0 heterocycles. The second-order valence-electron chi connectivity index (χ2n) is 7.55. The average molecular weight is 333 g/mol. The van der Waals surface area contributed by atoms with E-state index in [1.807, 2.05) is 0 Å². The summed E-state index contributed by atoms with van der Waals surface area (Å²) < 4.78 is 0. The zero-order chi connectivity index (χ0) is 18.4. The summed E-state index contributed by atoms with van der Waals surface area (Å²) in [5.41, 5.74) is 5.66. The van der Waals surface area contributed by atoms with Crippen LogP contribution in [0.15, 0.2) is 46.6 Å². The standard InChI is InChI=1S/C23H40O/c1-19(2)11-7-13-21(5)15-9-17-23(24)18-10-16-22(6)14-8-12-20(3)4/h11-12,15-16,23-24H,7-10,13-14,17-18H2,1-6H3/b21-15-,22-16-. The topological polar surface area (TPSA) is 20.2 Å². The summed E-state index contributed by atoms with van der Waals surface area (Å²) in [5.74, 6) is 0. The van der Waals surface area contributed by atoms with E-state index in [0.717, 1.165) is 51.4 Å². The molecule has 0 unspecified atom stereocenters. The van der Waals surface area contributed by atoms with Crippen LogP contribution in [0.2, 0.25) is 0 Å². The summed E-state index contributed by atoms with van der Waals surface area (Å²) in [6, 6.07) is 0. The molecule has 0 spiro atoms. The number of rotatable bonds is 12. The molecule has 0 radical (unpaired) electrons. The number of hydrogen-bond donors (Lipinski definition) is 1. The van der Waals surface area contributed by atoms with E-state index >= 15 is 0 Å². The molecule has 138 valence electrons. The zero-order valence-electron chi connectivity index (χ0n) is 17.0. The zero-order valence-corrected chi connectivity index (χ0v) is 17.0. The lowest BCUT2D eigenvalue weighted by molar-refractivity contribution is 0.157. The second kappa shape index (κ2) is 14.3. The summed E-state index contributed by atoms with van der Waals surface area (Å²) >= 11 is 0. The lowest BCUT2D eigenvalue weighted by atomic mass is 10.0. The van der Waals surface area contributed by atoms with Gasteiger partial charge < -0.3 is 5.11 Å². The molecule has 0 rings (SSSR count). The lowest BCUT2D eigenvalue weighted by Gasteiger charge is -2.08. The van der Waals surface area contributed by atoms with Gasteiger partial charge in [0.1, 0.15) is 0 Å². The van der Waals surface area contributed by atoms with Gasteiger partial charge in [-0.25, -0.2) is 0 Å². The van der Waals surface area contributed by atoms with Crippen molar-refractivity contribution < 1.29 is 5.11 Å². The van der Waals surface area contributed by atoms with E-state index in [-0.39, 0.29) is 6.10 Å². The summed E-state index contributed by atoms with van der Waals surface area (Å²) in [6.45, 7) is 13.0. The average Bonchev–Trinajstić information content (AvgIpc) is 2.46. The maximum absolute atomic E-state index is 10.1. The van der Waals surface area contributed by atoms with Gasteiger partial charge in [0.25, 0.3) is 0 Å². The van der Waals surface area contributed by atoms with Crippen molar-refractivity contribution in [3.8, 4) is 0 Å². The van der Waals surface area contributed by atoms with Crippen molar-refractivity contribution in [1.82, 2.24) is 0 Å². The van der Waals surface area contributed by atoms with E-state index in [1.165, 1.54) is 22.3 Å². The largest absolute Gasteiger partial charge is 0.393 e. The van der Waals surface area contributed by atoms with E-state index in [9.17, 15) is 5.11 Å². The Morgan fingerprint density at radius 1 is 0.625 bits per heavy atom. The van der Waals surface area contributed by atoms with Gasteiger partial charge in [-0.3, -0.25) is 0 Å². The lowest BCUT2D eigenvalue weighted by Crippen LogP contribution is -2.04. The Bertz CT molecular complexity index is 399. The van der Waals surface area contributed by atoms with Gasteiger partial charge in [0.05, 0.1) is 6.10 Å². The van der Waals surface area contributed by atoms with Crippen molar-refractivity contribution in [2.45, 2.75) is 99.0 Å². The fraction of sp³-hybridized carbons (Fsp3) is 0.652. The van der Waals surface area contributed by atoms with E-state index in [1.54, 1.807) is 0 Å². The fourth-order valence-electron chi connectivity index (χ4n) is 2.57.